The first-order chi connectivity index (χ1) is 9.98. The Kier molecular flexibility index (Phi) is 15.4. The van der Waals surface area contributed by atoms with Crippen LogP contribution in [0.3, 0.4) is 0 Å². The van der Waals surface area contributed by atoms with Gasteiger partial charge in [0.1, 0.15) is 0 Å². The molecular weight excluding hydrogens is 341 g/mol. The van der Waals surface area contributed by atoms with Gasteiger partial charge in [-0.3, -0.25) is 0 Å². The summed E-state index contributed by atoms with van der Waals surface area (Å²) in [7, 11) is 0. The van der Waals surface area contributed by atoms with Gasteiger partial charge in [0.2, 0.25) is 0 Å². The normalized spacial score (nSPS) is 13.6. The van der Waals surface area contributed by atoms with Crippen molar-refractivity contribution in [2.24, 2.45) is 5.73 Å². The molecule has 0 saturated carbocycles. The molecule has 2 N–H and O–H groups in total. The molecule has 0 aliphatic heterocycles. The van der Waals surface area contributed by atoms with E-state index < -0.39 is 6.00 Å². The van der Waals surface area contributed by atoms with Crippen molar-refractivity contribution >= 4 is 39.2 Å². The van der Waals surface area contributed by atoms with Crippen LogP contribution in [0.5, 0.6) is 0 Å². The fourth-order valence-corrected chi connectivity index (χ4v) is 4.06. The number of rotatable bonds is 15. The van der Waals surface area contributed by atoms with Gasteiger partial charge in [-0.15, -0.1) is 33.2 Å². The summed E-state index contributed by atoms with van der Waals surface area (Å²) in [6.07, 6.45) is 18.5. The first kappa shape index (κ1) is 22.0. The molecule has 0 spiro atoms. The molecule has 1 atom stereocenters. The molecule has 0 aliphatic rings. The van der Waals surface area contributed by atoms with Crippen molar-refractivity contribution in [3.63, 3.8) is 0 Å². The summed E-state index contributed by atoms with van der Waals surface area (Å²) in [6, 6.07) is -2.67. The highest BCUT2D eigenvalue weighted by molar-refractivity contribution is 7.65. The largest absolute Gasteiger partial charge is 0.357 e. The van der Waals surface area contributed by atoms with Gasteiger partial charge in [-0.2, -0.15) is 0 Å². The van der Waals surface area contributed by atoms with E-state index in [1.807, 2.05) is 0 Å². The molecule has 21 heavy (non-hydrogen) atoms. The molecule has 128 valence electrons. The van der Waals surface area contributed by atoms with E-state index in [9.17, 15) is 0 Å². The average Bonchev–Trinajstić information content (AvgIpc) is 2.42. The molecular formula is C16H34Cl3NSi. The van der Waals surface area contributed by atoms with E-state index in [-0.39, 0.29) is 5.67 Å². The molecule has 0 bridgehead atoms. The van der Waals surface area contributed by atoms with E-state index in [4.69, 9.17) is 39.0 Å². The summed E-state index contributed by atoms with van der Waals surface area (Å²) in [5, 5.41) is 0. The zero-order valence-electron chi connectivity index (χ0n) is 13.7. The molecule has 1 nitrogen and oxygen atoms in total. The van der Waals surface area contributed by atoms with Crippen molar-refractivity contribution < 1.29 is 0 Å². The maximum Gasteiger partial charge on any atom is 0.357 e. The van der Waals surface area contributed by atoms with Crippen molar-refractivity contribution in [1.29, 1.82) is 0 Å². The van der Waals surface area contributed by atoms with E-state index in [1.54, 1.807) is 0 Å². The maximum atomic E-state index is 5.88. The highest BCUT2D eigenvalue weighted by Gasteiger charge is 2.33. The number of halogens is 3. The highest BCUT2D eigenvalue weighted by Crippen LogP contribution is 2.26. The fraction of sp³-hybridized carbons (Fsp3) is 1.00. The van der Waals surface area contributed by atoms with Gasteiger partial charge in [0.05, 0.1) is 0 Å². The number of unbranched alkanes of at least 4 members (excludes halogenated alkanes) is 12. The third-order valence-corrected chi connectivity index (χ3v) is 7.69. The lowest BCUT2D eigenvalue weighted by molar-refractivity contribution is 0.534. The molecule has 0 aliphatic carbocycles. The summed E-state index contributed by atoms with van der Waals surface area (Å²) in [5.41, 5.74) is 5.66. The van der Waals surface area contributed by atoms with Crippen LogP contribution in [0, 0.1) is 0 Å². The number of hydrogen-bond donors (Lipinski definition) is 1. The van der Waals surface area contributed by atoms with Gasteiger partial charge in [-0.05, 0) is 6.42 Å². The third-order valence-electron chi connectivity index (χ3n) is 4.04. The van der Waals surface area contributed by atoms with Crippen LogP contribution in [-0.4, -0.2) is 11.7 Å². The molecule has 0 aromatic rings. The van der Waals surface area contributed by atoms with Crippen LogP contribution < -0.4 is 5.73 Å². The zero-order valence-corrected chi connectivity index (χ0v) is 17.0. The molecule has 0 aromatic carbocycles. The molecule has 5 heteroatoms. The van der Waals surface area contributed by atoms with Crippen LogP contribution in [0.15, 0.2) is 0 Å². The van der Waals surface area contributed by atoms with Crippen molar-refractivity contribution in [3.05, 3.63) is 0 Å². The number of hydrogen-bond acceptors (Lipinski definition) is 1. The van der Waals surface area contributed by atoms with Crippen LogP contribution in [-0.2, 0) is 0 Å². The van der Waals surface area contributed by atoms with Gasteiger partial charge >= 0.3 is 6.00 Å². The van der Waals surface area contributed by atoms with Crippen molar-refractivity contribution in [2.45, 2.75) is 102 Å². The van der Waals surface area contributed by atoms with Gasteiger partial charge in [0, 0.05) is 5.67 Å². The van der Waals surface area contributed by atoms with Gasteiger partial charge < -0.3 is 5.73 Å². The lowest BCUT2D eigenvalue weighted by Gasteiger charge is -2.16. The topological polar surface area (TPSA) is 26.0 Å². The Hall–Kier alpha value is 1.05. The minimum atomic E-state index is -2.67. The monoisotopic (exact) mass is 373 g/mol. The standard InChI is InChI=1S/C16H34Cl3NSi/c1-2-3-4-5-6-7-8-9-10-11-12-13-14-15-16(20)21(17,18)19/h16H,2-15,20H2,1H3. The molecule has 0 fully saturated rings. The van der Waals surface area contributed by atoms with Crippen LogP contribution in [0.4, 0.5) is 0 Å². The lowest BCUT2D eigenvalue weighted by atomic mass is 10.0. The van der Waals surface area contributed by atoms with E-state index in [0.717, 1.165) is 12.8 Å². The summed E-state index contributed by atoms with van der Waals surface area (Å²) in [4.78, 5) is 0. The Labute approximate surface area is 147 Å². The summed E-state index contributed by atoms with van der Waals surface area (Å²) in [5.74, 6) is 0. The van der Waals surface area contributed by atoms with Crippen LogP contribution in [0.25, 0.3) is 0 Å². The first-order valence-corrected chi connectivity index (χ1v) is 13.9. The Morgan fingerprint density at radius 2 is 1.00 bits per heavy atom. The predicted octanol–water partition coefficient (Wildman–Crippen LogP) is 6.99. The minimum Gasteiger partial charge on any atom is -0.327 e. The second-order valence-electron chi connectivity index (χ2n) is 6.18. The van der Waals surface area contributed by atoms with Gasteiger partial charge in [-0.25, -0.2) is 0 Å². The molecule has 0 rings (SSSR count). The minimum absolute atomic E-state index is 0.199. The van der Waals surface area contributed by atoms with Gasteiger partial charge in [0.15, 0.2) is 0 Å². The summed E-state index contributed by atoms with van der Waals surface area (Å²) < 4.78 is 0. The Morgan fingerprint density at radius 1 is 0.667 bits per heavy atom. The first-order valence-electron chi connectivity index (χ1n) is 8.80. The number of nitrogens with two attached hydrogens (primary N) is 1. The Morgan fingerprint density at radius 3 is 1.33 bits per heavy atom. The van der Waals surface area contributed by atoms with Gasteiger partial charge in [-0.1, -0.05) is 90.4 Å². The van der Waals surface area contributed by atoms with E-state index in [1.165, 1.54) is 77.0 Å². The van der Waals surface area contributed by atoms with Crippen LogP contribution in [0.1, 0.15) is 96.8 Å². The van der Waals surface area contributed by atoms with E-state index >= 15 is 0 Å². The third kappa shape index (κ3) is 15.7. The smallest absolute Gasteiger partial charge is 0.327 e. The Balaban J connectivity index is 3.13. The summed E-state index contributed by atoms with van der Waals surface area (Å²) in [6.45, 7) is 2.27. The SMILES string of the molecule is CCCCCCCCCCCCCCCC(N)[Si](Cl)(Cl)Cl. The van der Waals surface area contributed by atoms with Gasteiger partial charge in [0.25, 0.3) is 0 Å². The highest BCUT2D eigenvalue weighted by atomic mass is 35.8. The fourth-order valence-electron chi connectivity index (χ4n) is 2.55. The zero-order chi connectivity index (χ0) is 16.0. The average molecular weight is 375 g/mol. The Bertz CT molecular complexity index is 222. The second kappa shape index (κ2) is 14.6. The second-order valence-corrected chi connectivity index (χ2v) is 15.1. The predicted molar refractivity (Wildman–Crippen MR) is 102 cm³/mol. The molecule has 1 unspecified atom stereocenters. The quantitative estimate of drug-likeness (QED) is 0.186. The molecule has 0 saturated heterocycles. The van der Waals surface area contributed by atoms with E-state index in [2.05, 4.69) is 6.92 Å². The molecule has 0 heterocycles. The van der Waals surface area contributed by atoms with Crippen molar-refractivity contribution in [1.82, 2.24) is 0 Å². The summed E-state index contributed by atoms with van der Waals surface area (Å²) >= 11 is 17.6. The lowest BCUT2D eigenvalue weighted by Crippen LogP contribution is -2.39. The molecule has 0 aromatic heterocycles. The molecule has 0 radical (unpaired) electrons. The van der Waals surface area contributed by atoms with Crippen LogP contribution >= 0.6 is 33.2 Å². The maximum absolute atomic E-state index is 5.88. The van der Waals surface area contributed by atoms with E-state index in [0.29, 0.717) is 0 Å². The van der Waals surface area contributed by atoms with Crippen LogP contribution in [0.2, 0.25) is 0 Å². The van der Waals surface area contributed by atoms with Crippen molar-refractivity contribution in [3.8, 4) is 0 Å². The molecule has 0 amide bonds. The van der Waals surface area contributed by atoms with Crippen molar-refractivity contribution in [2.75, 3.05) is 0 Å².